The summed E-state index contributed by atoms with van der Waals surface area (Å²) in [6.07, 6.45) is 3.20. The van der Waals surface area contributed by atoms with Gasteiger partial charge in [-0.1, -0.05) is 25.8 Å². The fourth-order valence-electron chi connectivity index (χ4n) is 2.16. The first kappa shape index (κ1) is 17.8. The van der Waals surface area contributed by atoms with Gasteiger partial charge in [0.25, 0.3) is 0 Å². The Morgan fingerprint density at radius 3 is 2.48 bits per heavy atom. The lowest BCUT2D eigenvalue weighted by Gasteiger charge is -2.19. The van der Waals surface area contributed by atoms with Crippen molar-refractivity contribution in [2.24, 2.45) is 0 Å². The third-order valence-electron chi connectivity index (χ3n) is 3.61. The molecule has 0 aliphatic heterocycles. The fourth-order valence-corrected chi connectivity index (χ4v) is 2.16. The van der Waals surface area contributed by atoms with Crippen molar-refractivity contribution in [2.75, 3.05) is 20.8 Å². The molecule has 0 saturated carbocycles. The van der Waals surface area contributed by atoms with Crippen LogP contribution in [0, 0.1) is 0 Å². The van der Waals surface area contributed by atoms with Crippen molar-refractivity contribution < 1.29 is 19.3 Å². The maximum atomic E-state index is 9.93. The van der Waals surface area contributed by atoms with Crippen LogP contribution in [0.1, 0.15) is 38.7 Å². The zero-order chi connectivity index (χ0) is 15.7. The number of benzene rings is 1. The van der Waals surface area contributed by atoms with Gasteiger partial charge in [-0.15, -0.1) is 0 Å². The van der Waals surface area contributed by atoms with E-state index in [0.717, 1.165) is 42.7 Å². The number of unbranched alkanes of at least 4 members (excludes halogenated alkanes) is 1. The van der Waals surface area contributed by atoms with Crippen LogP contribution in [-0.2, 0) is 11.2 Å². The summed E-state index contributed by atoms with van der Waals surface area (Å²) < 4.78 is 16.2. The minimum Gasteiger partial charge on any atom is -0.493 e. The van der Waals surface area contributed by atoms with E-state index in [1.54, 1.807) is 14.2 Å². The molecule has 120 valence electrons. The maximum Gasteiger partial charge on any atom is 0.160 e. The third-order valence-corrected chi connectivity index (χ3v) is 3.61. The number of ether oxygens (including phenoxy) is 3. The molecule has 2 atom stereocenters. The molecule has 0 fully saturated rings. The van der Waals surface area contributed by atoms with E-state index in [1.807, 2.05) is 25.1 Å². The van der Waals surface area contributed by atoms with Gasteiger partial charge in [-0.05, 0) is 37.5 Å². The van der Waals surface area contributed by atoms with Crippen LogP contribution in [0.15, 0.2) is 18.2 Å². The summed E-state index contributed by atoms with van der Waals surface area (Å²) in [5.74, 6) is 1.46. The topological polar surface area (TPSA) is 47.9 Å². The summed E-state index contributed by atoms with van der Waals surface area (Å²) in [6.45, 7) is 4.63. The standard InChI is InChI=1S/C17H28O4/c1-5-6-7-15(18)13(2)21-11-10-14-8-9-16(19-3)17(12-14)20-4/h8-9,12-13,15,18H,5-7,10-11H2,1-4H3/t13-,15+/m1/s1. The second kappa shape index (κ2) is 9.64. The lowest BCUT2D eigenvalue weighted by Crippen LogP contribution is -2.26. The van der Waals surface area contributed by atoms with Gasteiger partial charge in [0.1, 0.15) is 0 Å². The molecule has 0 aromatic heterocycles. The first-order valence-electron chi connectivity index (χ1n) is 7.62. The van der Waals surface area contributed by atoms with Gasteiger partial charge in [0.15, 0.2) is 11.5 Å². The molecule has 0 aliphatic rings. The summed E-state index contributed by atoms with van der Waals surface area (Å²) in [5.41, 5.74) is 1.13. The van der Waals surface area contributed by atoms with Crippen molar-refractivity contribution in [3.05, 3.63) is 23.8 Å². The Hall–Kier alpha value is -1.26. The maximum absolute atomic E-state index is 9.93. The molecule has 0 saturated heterocycles. The van der Waals surface area contributed by atoms with E-state index in [0.29, 0.717) is 6.61 Å². The first-order valence-corrected chi connectivity index (χ1v) is 7.62. The molecule has 4 heteroatoms. The SMILES string of the molecule is CCCC[C@H](O)[C@@H](C)OCCc1ccc(OC)c(OC)c1. The number of methoxy groups -OCH3 is 2. The van der Waals surface area contributed by atoms with Crippen LogP contribution in [0.3, 0.4) is 0 Å². The van der Waals surface area contributed by atoms with Crippen LogP contribution in [0.5, 0.6) is 11.5 Å². The molecule has 0 amide bonds. The zero-order valence-corrected chi connectivity index (χ0v) is 13.6. The van der Waals surface area contributed by atoms with Gasteiger partial charge in [-0.2, -0.15) is 0 Å². The molecule has 0 radical (unpaired) electrons. The average molecular weight is 296 g/mol. The molecule has 0 aliphatic carbocycles. The second-order valence-electron chi connectivity index (χ2n) is 5.22. The molecule has 0 bridgehead atoms. The molecular formula is C17H28O4. The molecule has 21 heavy (non-hydrogen) atoms. The number of aliphatic hydroxyl groups excluding tert-OH is 1. The molecule has 1 N–H and O–H groups in total. The van der Waals surface area contributed by atoms with Gasteiger partial charge in [0, 0.05) is 0 Å². The monoisotopic (exact) mass is 296 g/mol. The molecule has 0 heterocycles. The summed E-state index contributed by atoms with van der Waals surface area (Å²) in [5, 5.41) is 9.93. The average Bonchev–Trinajstić information content (AvgIpc) is 2.52. The van der Waals surface area contributed by atoms with Crippen molar-refractivity contribution >= 4 is 0 Å². The Labute approximate surface area is 128 Å². The van der Waals surface area contributed by atoms with Crippen LogP contribution in [-0.4, -0.2) is 38.1 Å². The lowest BCUT2D eigenvalue weighted by molar-refractivity contribution is -0.0293. The number of hydrogen-bond acceptors (Lipinski definition) is 4. The summed E-state index contributed by atoms with van der Waals surface area (Å²) in [7, 11) is 3.25. The molecule has 1 aromatic rings. The predicted octanol–water partition coefficient (Wildman–Crippen LogP) is 3.20. The Morgan fingerprint density at radius 2 is 1.86 bits per heavy atom. The van der Waals surface area contributed by atoms with E-state index in [4.69, 9.17) is 14.2 Å². The molecular weight excluding hydrogens is 268 g/mol. The van der Waals surface area contributed by atoms with Crippen molar-refractivity contribution in [3.8, 4) is 11.5 Å². The van der Waals surface area contributed by atoms with Crippen LogP contribution in [0.4, 0.5) is 0 Å². The minimum atomic E-state index is -0.379. The normalized spacial score (nSPS) is 13.8. The molecule has 1 rings (SSSR count). The smallest absolute Gasteiger partial charge is 0.160 e. The van der Waals surface area contributed by atoms with Crippen molar-refractivity contribution in [1.29, 1.82) is 0 Å². The molecule has 0 spiro atoms. The predicted molar refractivity (Wildman–Crippen MR) is 84.2 cm³/mol. The van der Waals surface area contributed by atoms with E-state index < -0.39 is 0 Å². The Morgan fingerprint density at radius 1 is 1.14 bits per heavy atom. The summed E-state index contributed by atoms with van der Waals surface area (Å²) >= 11 is 0. The van der Waals surface area contributed by atoms with Gasteiger partial charge in [0.05, 0.1) is 33.0 Å². The van der Waals surface area contributed by atoms with Crippen molar-refractivity contribution in [2.45, 2.75) is 51.7 Å². The summed E-state index contributed by atoms with van der Waals surface area (Å²) in [6, 6.07) is 5.86. The van der Waals surface area contributed by atoms with E-state index in [-0.39, 0.29) is 12.2 Å². The minimum absolute atomic E-state index is 0.128. The molecule has 0 unspecified atom stereocenters. The highest BCUT2D eigenvalue weighted by molar-refractivity contribution is 5.42. The number of hydrogen-bond donors (Lipinski definition) is 1. The Bertz CT molecular complexity index is 406. The number of rotatable bonds is 10. The zero-order valence-electron chi connectivity index (χ0n) is 13.6. The molecule has 1 aromatic carbocycles. The molecule has 4 nitrogen and oxygen atoms in total. The highest BCUT2D eigenvalue weighted by atomic mass is 16.5. The quantitative estimate of drug-likeness (QED) is 0.720. The van der Waals surface area contributed by atoms with E-state index in [9.17, 15) is 5.11 Å². The van der Waals surface area contributed by atoms with Crippen molar-refractivity contribution in [3.63, 3.8) is 0 Å². The highest BCUT2D eigenvalue weighted by Gasteiger charge is 2.14. The van der Waals surface area contributed by atoms with Gasteiger partial charge in [-0.25, -0.2) is 0 Å². The van der Waals surface area contributed by atoms with Crippen LogP contribution >= 0.6 is 0 Å². The van der Waals surface area contributed by atoms with Gasteiger partial charge >= 0.3 is 0 Å². The lowest BCUT2D eigenvalue weighted by atomic mass is 10.1. The Balaban J connectivity index is 2.41. The highest BCUT2D eigenvalue weighted by Crippen LogP contribution is 2.27. The fraction of sp³-hybridized carbons (Fsp3) is 0.647. The second-order valence-corrected chi connectivity index (χ2v) is 5.22. The van der Waals surface area contributed by atoms with Gasteiger partial charge in [-0.3, -0.25) is 0 Å². The van der Waals surface area contributed by atoms with Crippen LogP contribution in [0.2, 0.25) is 0 Å². The van der Waals surface area contributed by atoms with E-state index in [1.165, 1.54) is 0 Å². The van der Waals surface area contributed by atoms with E-state index >= 15 is 0 Å². The van der Waals surface area contributed by atoms with E-state index in [2.05, 4.69) is 6.92 Å². The summed E-state index contributed by atoms with van der Waals surface area (Å²) in [4.78, 5) is 0. The first-order chi connectivity index (χ1) is 10.1. The van der Waals surface area contributed by atoms with Gasteiger partial charge in [0.2, 0.25) is 0 Å². The van der Waals surface area contributed by atoms with Crippen LogP contribution < -0.4 is 9.47 Å². The third kappa shape index (κ3) is 5.94. The Kier molecular flexibility index (Phi) is 8.16. The van der Waals surface area contributed by atoms with Gasteiger partial charge < -0.3 is 19.3 Å². The number of aliphatic hydroxyl groups is 1. The largest absolute Gasteiger partial charge is 0.493 e. The van der Waals surface area contributed by atoms with Crippen LogP contribution in [0.25, 0.3) is 0 Å². The van der Waals surface area contributed by atoms with Crippen molar-refractivity contribution in [1.82, 2.24) is 0 Å².